The first-order chi connectivity index (χ1) is 9.95. The molecule has 0 saturated carbocycles. The molecule has 1 aromatic carbocycles. The molecule has 0 atom stereocenters. The molecule has 0 amide bonds. The van der Waals surface area contributed by atoms with Gasteiger partial charge < -0.3 is 5.32 Å². The highest BCUT2D eigenvalue weighted by Gasteiger charge is 2.28. The summed E-state index contributed by atoms with van der Waals surface area (Å²) >= 11 is 0. The standard InChI is InChI=1S/C15H21FN2O2S/c1-3-17-10-13-6-7-14(16)15(9-13)21(19,20)18-8-4-5-12(2)11-18/h5-7,9,17H,3-4,8,10-11H2,1-2H3. The molecule has 0 radical (unpaired) electrons. The molecule has 6 heteroatoms. The van der Waals surface area contributed by atoms with E-state index in [0.717, 1.165) is 17.7 Å². The van der Waals surface area contributed by atoms with Gasteiger partial charge in [0, 0.05) is 19.6 Å². The van der Waals surface area contributed by atoms with Crippen LogP contribution in [0.25, 0.3) is 0 Å². The highest BCUT2D eigenvalue weighted by molar-refractivity contribution is 7.89. The van der Waals surface area contributed by atoms with Crippen LogP contribution in [-0.2, 0) is 16.6 Å². The van der Waals surface area contributed by atoms with E-state index in [0.29, 0.717) is 26.1 Å². The van der Waals surface area contributed by atoms with Gasteiger partial charge in [-0.05, 0) is 37.6 Å². The monoisotopic (exact) mass is 312 g/mol. The molecule has 2 rings (SSSR count). The zero-order chi connectivity index (χ0) is 15.5. The average molecular weight is 312 g/mol. The number of halogens is 1. The highest BCUT2D eigenvalue weighted by Crippen LogP contribution is 2.23. The molecule has 1 heterocycles. The Balaban J connectivity index is 2.32. The molecule has 0 spiro atoms. The van der Waals surface area contributed by atoms with Crippen molar-refractivity contribution in [2.75, 3.05) is 19.6 Å². The van der Waals surface area contributed by atoms with Gasteiger partial charge in [-0.15, -0.1) is 0 Å². The predicted octanol–water partition coefficient (Wildman–Crippen LogP) is 2.28. The Labute approximate surface area is 125 Å². The normalized spacial score (nSPS) is 16.8. The largest absolute Gasteiger partial charge is 0.313 e. The van der Waals surface area contributed by atoms with Crippen LogP contribution in [0.15, 0.2) is 34.7 Å². The molecule has 4 nitrogen and oxygen atoms in total. The van der Waals surface area contributed by atoms with E-state index in [1.807, 2.05) is 19.9 Å². The third kappa shape index (κ3) is 3.70. The number of nitrogens with zero attached hydrogens (tertiary/aromatic N) is 1. The van der Waals surface area contributed by atoms with E-state index in [1.54, 1.807) is 6.07 Å². The van der Waals surface area contributed by atoms with Crippen LogP contribution in [0.1, 0.15) is 25.8 Å². The van der Waals surface area contributed by atoms with Gasteiger partial charge in [-0.3, -0.25) is 0 Å². The number of hydrogen-bond donors (Lipinski definition) is 1. The molecule has 116 valence electrons. The second-order valence-electron chi connectivity index (χ2n) is 5.22. The first-order valence-corrected chi connectivity index (χ1v) is 8.54. The summed E-state index contributed by atoms with van der Waals surface area (Å²) < 4.78 is 40.6. The summed E-state index contributed by atoms with van der Waals surface area (Å²) in [4.78, 5) is -0.229. The second kappa shape index (κ2) is 6.68. The summed E-state index contributed by atoms with van der Waals surface area (Å²) in [5.41, 5.74) is 1.76. The molecule has 1 aromatic rings. The maximum absolute atomic E-state index is 14.0. The van der Waals surface area contributed by atoms with Crippen molar-refractivity contribution in [1.29, 1.82) is 0 Å². The van der Waals surface area contributed by atoms with Gasteiger partial charge in [-0.25, -0.2) is 12.8 Å². The Hall–Kier alpha value is -1.24. The quantitative estimate of drug-likeness (QED) is 0.849. The van der Waals surface area contributed by atoms with Gasteiger partial charge in [0.25, 0.3) is 0 Å². The van der Waals surface area contributed by atoms with Gasteiger partial charge in [-0.2, -0.15) is 4.31 Å². The van der Waals surface area contributed by atoms with E-state index in [1.165, 1.54) is 16.4 Å². The fourth-order valence-corrected chi connectivity index (χ4v) is 3.96. The molecule has 21 heavy (non-hydrogen) atoms. The first kappa shape index (κ1) is 16.1. The lowest BCUT2D eigenvalue weighted by atomic mass is 10.2. The molecule has 0 unspecified atom stereocenters. The van der Waals surface area contributed by atoms with Crippen LogP contribution in [0.3, 0.4) is 0 Å². The van der Waals surface area contributed by atoms with Gasteiger partial charge in [0.15, 0.2) is 0 Å². The van der Waals surface area contributed by atoms with Crippen molar-refractivity contribution in [2.24, 2.45) is 0 Å². The Morgan fingerprint density at radius 3 is 2.81 bits per heavy atom. The van der Waals surface area contributed by atoms with E-state index < -0.39 is 15.8 Å². The lowest BCUT2D eigenvalue weighted by Gasteiger charge is -2.25. The van der Waals surface area contributed by atoms with Crippen LogP contribution in [0.5, 0.6) is 0 Å². The van der Waals surface area contributed by atoms with Crippen molar-refractivity contribution in [2.45, 2.75) is 31.7 Å². The van der Waals surface area contributed by atoms with Crippen molar-refractivity contribution < 1.29 is 12.8 Å². The third-order valence-corrected chi connectivity index (χ3v) is 5.35. The summed E-state index contributed by atoms with van der Waals surface area (Å²) in [6, 6.07) is 4.27. The molecular formula is C15H21FN2O2S. The topological polar surface area (TPSA) is 49.4 Å². The number of sulfonamides is 1. The minimum absolute atomic E-state index is 0.229. The van der Waals surface area contributed by atoms with Crippen LogP contribution >= 0.6 is 0 Å². The van der Waals surface area contributed by atoms with E-state index >= 15 is 0 Å². The molecule has 0 saturated heterocycles. The molecular weight excluding hydrogens is 291 g/mol. The van der Waals surface area contributed by atoms with Crippen molar-refractivity contribution >= 4 is 10.0 Å². The summed E-state index contributed by atoms with van der Waals surface area (Å²) in [6.45, 7) is 5.88. The maximum atomic E-state index is 14.0. The number of nitrogens with one attached hydrogen (secondary N) is 1. The minimum Gasteiger partial charge on any atom is -0.313 e. The number of benzene rings is 1. The van der Waals surface area contributed by atoms with Gasteiger partial charge in [0.2, 0.25) is 10.0 Å². The summed E-state index contributed by atoms with van der Waals surface area (Å²) in [5, 5.41) is 3.11. The van der Waals surface area contributed by atoms with Crippen molar-refractivity contribution in [1.82, 2.24) is 9.62 Å². The van der Waals surface area contributed by atoms with Crippen LogP contribution in [0.2, 0.25) is 0 Å². The lowest BCUT2D eigenvalue weighted by Crippen LogP contribution is -2.36. The number of hydrogen-bond acceptors (Lipinski definition) is 3. The van der Waals surface area contributed by atoms with Crippen LogP contribution in [0.4, 0.5) is 4.39 Å². The van der Waals surface area contributed by atoms with Gasteiger partial charge in [0.05, 0.1) is 0 Å². The second-order valence-corrected chi connectivity index (χ2v) is 7.13. The third-order valence-electron chi connectivity index (χ3n) is 3.49. The number of rotatable bonds is 5. The SMILES string of the molecule is CCNCc1ccc(F)c(S(=O)(=O)N2CCC=C(C)C2)c1. The first-order valence-electron chi connectivity index (χ1n) is 7.10. The van der Waals surface area contributed by atoms with E-state index in [4.69, 9.17) is 0 Å². The maximum Gasteiger partial charge on any atom is 0.246 e. The van der Waals surface area contributed by atoms with Crippen molar-refractivity contribution in [3.8, 4) is 0 Å². The summed E-state index contributed by atoms with van der Waals surface area (Å²) in [7, 11) is -3.78. The zero-order valence-corrected chi connectivity index (χ0v) is 13.2. The molecule has 0 bridgehead atoms. The van der Waals surface area contributed by atoms with Crippen LogP contribution in [-0.4, -0.2) is 32.4 Å². The predicted molar refractivity (Wildman–Crippen MR) is 80.9 cm³/mol. The lowest BCUT2D eigenvalue weighted by molar-refractivity contribution is 0.423. The fraction of sp³-hybridized carbons (Fsp3) is 0.467. The molecule has 0 aromatic heterocycles. The van der Waals surface area contributed by atoms with Crippen molar-refractivity contribution in [3.05, 3.63) is 41.2 Å². The Kier molecular flexibility index (Phi) is 5.13. The Bertz CT molecular complexity index is 641. The smallest absolute Gasteiger partial charge is 0.246 e. The summed E-state index contributed by atoms with van der Waals surface area (Å²) in [6.07, 6.45) is 2.69. The van der Waals surface area contributed by atoms with Gasteiger partial charge in [0.1, 0.15) is 10.7 Å². The van der Waals surface area contributed by atoms with Crippen molar-refractivity contribution in [3.63, 3.8) is 0 Å². The zero-order valence-electron chi connectivity index (χ0n) is 12.4. The molecule has 0 fully saturated rings. The van der Waals surface area contributed by atoms with E-state index in [-0.39, 0.29) is 4.90 Å². The van der Waals surface area contributed by atoms with E-state index in [2.05, 4.69) is 5.32 Å². The Morgan fingerprint density at radius 1 is 1.38 bits per heavy atom. The van der Waals surface area contributed by atoms with Crippen LogP contribution in [0, 0.1) is 5.82 Å². The molecule has 1 aliphatic rings. The van der Waals surface area contributed by atoms with Crippen LogP contribution < -0.4 is 5.32 Å². The van der Waals surface area contributed by atoms with Gasteiger partial charge in [-0.1, -0.05) is 24.6 Å². The van der Waals surface area contributed by atoms with Gasteiger partial charge >= 0.3 is 0 Å². The van der Waals surface area contributed by atoms with E-state index in [9.17, 15) is 12.8 Å². The Morgan fingerprint density at radius 2 is 2.14 bits per heavy atom. The fourth-order valence-electron chi connectivity index (χ4n) is 2.35. The molecule has 1 aliphatic heterocycles. The molecule has 1 N–H and O–H groups in total. The average Bonchev–Trinajstić information content (AvgIpc) is 2.46. The molecule has 0 aliphatic carbocycles. The summed E-state index contributed by atoms with van der Waals surface area (Å²) in [5.74, 6) is -0.692. The minimum atomic E-state index is -3.78. The highest BCUT2D eigenvalue weighted by atomic mass is 32.2.